The van der Waals surface area contributed by atoms with Crippen molar-refractivity contribution in [3.05, 3.63) is 66.7 Å². The summed E-state index contributed by atoms with van der Waals surface area (Å²) in [7, 11) is 1.86. The molecule has 0 atom stereocenters. The Balaban J connectivity index is 1.86. The largest absolute Gasteiger partial charge is 0.386 e. The van der Waals surface area contributed by atoms with Crippen molar-refractivity contribution in [3.63, 3.8) is 0 Å². The Kier molecular flexibility index (Phi) is 4.34. The van der Waals surface area contributed by atoms with Gasteiger partial charge in [-0.1, -0.05) is 36.4 Å². The first kappa shape index (κ1) is 16.8. The zero-order valence-electron chi connectivity index (χ0n) is 15.2. The van der Waals surface area contributed by atoms with Crippen LogP contribution in [-0.2, 0) is 4.79 Å². The third kappa shape index (κ3) is 3.27. The summed E-state index contributed by atoms with van der Waals surface area (Å²) < 4.78 is 0. The lowest BCUT2D eigenvalue weighted by Crippen LogP contribution is -2.07. The second kappa shape index (κ2) is 6.96. The average Bonchev–Trinajstić information content (AvgIpc) is 2.68. The fraction of sp³-hybridized carbons (Fsp3) is 0.0909. The molecule has 5 nitrogen and oxygen atoms in total. The van der Waals surface area contributed by atoms with Crippen LogP contribution in [0.5, 0.6) is 0 Å². The van der Waals surface area contributed by atoms with Crippen molar-refractivity contribution in [2.75, 3.05) is 23.0 Å². The molecular formula is C22H20N4O. The highest BCUT2D eigenvalue weighted by Crippen LogP contribution is 2.35. The minimum absolute atomic E-state index is 0.0936. The van der Waals surface area contributed by atoms with E-state index in [1.807, 2.05) is 61.6 Å². The molecule has 5 heteroatoms. The summed E-state index contributed by atoms with van der Waals surface area (Å²) in [5.74, 6) is -0.0936. The summed E-state index contributed by atoms with van der Waals surface area (Å²) in [6.07, 6.45) is 0. The SMILES string of the molecule is CNc1cc(NC(C)=O)ccc1Nc1c2ccccc2nc2ccccc12. The van der Waals surface area contributed by atoms with Crippen LogP contribution in [0.15, 0.2) is 66.7 Å². The molecule has 0 saturated heterocycles. The highest BCUT2D eigenvalue weighted by molar-refractivity contribution is 6.09. The lowest BCUT2D eigenvalue weighted by atomic mass is 10.1. The van der Waals surface area contributed by atoms with E-state index >= 15 is 0 Å². The molecule has 0 fully saturated rings. The van der Waals surface area contributed by atoms with Crippen molar-refractivity contribution in [3.8, 4) is 0 Å². The number of carbonyl (C=O) groups is 1. The molecule has 0 unspecified atom stereocenters. The van der Waals surface area contributed by atoms with Gasteiger partial charge in [0.05, 0.1) is 28.1 Å². The topological polar surface area (TPSA) is 66.0 Å². The maximum absolute atomic E-state index is 11.3. The summed E-state index contributed by atoms with van der Waals surface area (Å²) in [6.45, 7) is 1.50. The first-order valence-electron chi connectivity index (χ1n) is 8.79. The predicted octanol–water partition coefficient (Wildman–Crippen LogP) is 5.13. The zero-order chi connectivity index (χ0) is 18.8. The number of nitrogens with one attached hydrogen (secondary N) is 3. The smallest absolute Gasteiger partial charge is 0.221 e. The number of carbonyl (C=O) groups excluding carboxylic acids is 1. The molecule has 0 spiro atoms. The van der Waals surface area contributed by atoms with Crippen LogP contribution >= 0.6 is 0 Å². The minimum Gasteiger partial charge on any atom is -0.386 e. The second-order valence-corrected chi connectivity index (χ2v) is 6.34. The zero-order valence-corrected chi connectivity index (χ0v) is 15.2. The third-order valence-electron chi connectivity index (χ3n) is 4.46. The van der Waals surface area contributed by atoms with Gasteiger partial charge in [0.15, 0.2) is 0 Å². The van der Waals surface area contributed by atoms with Crippen LogP contribution in [0.2, 0.25) is 0 Å². The summed E-state index contributed by atoms with van der Waals surface area (Å²) in [6, 6.07) is 22.0. The Bertz CT molecular complexity index is 1100. The Morgan fingerprint density at radius 3 is 2.07 bits per heavy atom. The highest BCUT2D eigenvalue weighted by Gasteiger charge is 2.11. The van der Waals surface area contributed by atoms with E-state index in [4.69, 9.17) is 4.98 Å². The normalized spacial score (nSPS) is 10.7. The van der Waals surface area contributed by atoms with Crippen molar-refractivity contribution < 1.29 is 4.79 Å². The van der Waals surface area contributed by atoms with E-state index in [1.54, 1.807) is 0 Å². The number of para-hydroxylation sites is 2. The maximum atomic E-state index is 11.3. The summed E-state index contributed by atoms with van der Waals surface area (Å²) in [4.78, 5) is 16.1. The van der Waals surface area contributed by atoms with Crippen molar-refractivity contribution in [1.82, 2.24) is 4.98 Å². The van der Waals surface area contributed by atoms with Crippen LogP contribution in [0, 0.1) is 0 Å². The third-order valence-corrected chi connectivity index (χ3v) is 4.46. The molecule has 4 aromatic rings. The molecule has 134 valence electrons. The molecule has 0 aliphatic rings. The lowest BCUT2D eigenvalue weighted by molar-refractivity contribution is -0.114. The van der Waals surface area contributed by atoms with Gasteiger partial charge < -0.3 is 16.0 Å². The molecule has 0 bridgehead atoms. The van der Waals surface area contributed by atoms with Gasteiger partial charge in [-0.05, 0) is 30.3 Å². The molecule has 27 heavy (non-hydrogen) atoms. The Hall–Kier alpha value is -3.60. The first-order valence-corrected chi connectivity index (χ1v) is 8.79. The van der Waals surface area contributed by atoms with Gasteiger partial charge in [0, 0.05) is 30.4 Å². The van der Waals surface area contributed by atoms with E-state index in [2.05, 4.69) is 28.1 Å². The van der Waals surface area contributed by atoms with Gasteiger partial charge in [0.1, 0.15) is 0 Å². The van der Waals surface area contributed by atoms with Gasteiger partial charge in [-0.2, -0.15) is 0 Å². The Labute approximate surface area is 157 Å². The van der Waals surface area contributed by atoms with Gasteiger partial charge in [0.25, 0.3) is 0 Å². The maximum Gasteiger partial charge on any atom is 0.221 e. The first-order chi connectivity index (χ1) is 13.2. The number of hydrogen-bond acceptors (Lipinski definition) is 4. The summed E-state index contributed by atoms with van der Waals surface area (Å²) in [5, 5.41) is 11.7. The Morgan fingerprint density at radius 2 is 1.48 bits per heavy atom. The van der Waals surface area contributed by atoms with Gasteiger partial charge in [-0.25, -0.2) is 4.98 Å². The number of fused-ring (bicyclic) bond motifs is 2. The number of aromatic nitrogens is 1. The molecule has 0 radical (unpaired) electrons. The predicted molar refractivity (Wildman–Crippen MR) is 113 cm³/mol. The van der Waals surface area contributed by atoms with E-state index in [0.717, 1.165) is 44.6 Å². The molecule has 4 rings (SSSR count). The average molecular weight is 356 g/mol. The number of benzene rings is 3. The van der Waals surface area contributed by atoms with Crippen LogP contribution in [-0.4, -0.2) is 17.9 Å². The number of hydrogen-bond donors (Lipinski definition) is 3. The monoisotopic (exact) mass is 356 g/mol. The van der Waals surface area contributed by atoms with E-state index in [1.165, 1.54) is 6.92 Å². The lowest BCUT2D eigenvalue weighted by Gasteiger charge is -2.17. The van der Waals surface area contributed by atoms with Crippen LogP contribution in [0.1, 0.15) is 6.92 Å². The summed E-state index contributed by atoms with van der Waals surface area (Å²) in [5.41, 5.74) is 5.47. The number of anilines is 4. The molecule has 0 aliphatic heterocycles. The van der Waals surface area contributed by atoms with Crippen molar-refractivity contribution >= 4 is 50.5 Å². The number of rotatable bonds is 4. The minimum atomic E-state index is -0.0936. The second-order valence-electron chi connectivity index (χ2n) is 6.34. The van der Waals surface area contributed by atoms with E-state index in [-0.39, 0.29) is 5.91 Å². The van der Waals surface area contributed by atoms with E-state index < -0.39 is 0 Å². The molecule has 3 N–H and O–H groups in total. The fourth-order valence-electron chi connectivity index (χ4n) is 3.25. The molecule has 3 aromatic carbocycles. The van der Waals surface area contributed by atoms with Gasteiger partial charge in [-0.3, -0.25) is 4.79 Å². The van der Waals surface area contributed by atoms with Gasteiger partial charge in [-0.15, -0.1) is 0 Å². The van der Waals surface area contributed by atoms with Crippen molar-refractivity contribution in [2.24, 2.45) is 0 Å². The van der Waals surface area contributed by atoms with Gasteiger partial charge in [0.2, 0.25) is 5.91 Å². The van der Waals surface area contributed by atoms with E-state index in [0.29, 0.717) is 0 Å². The molecule has 1 aromatic heterocycles. The van der Waals surface area contributed by atoms with E-state index in [9.17, 15) is 4.79 Å². The molecule has 0 saturated carbocycles. The Morgan fingerprint density at radius 1 is 0.852 bits per heavy atom. The molecule has 0 aliphatic carbocycles. The quantitative estimate of drug-likeness (QED) is 0.443. The van der Waals surface area contributed by atoms with Crippen molar-refractivity contribution in [1.29, 1.82) is 0 Å². The molecule has 1 amide bonds. The van der Waals surface area contributed by atoms with Crippen LogP contribution in [0.4, 0.5) is 22.7 Å². The summed E-state index contributed by atoms with van der Waals surface area (Å²) >= 11 is 0. The van der Waals surface area contributed by atoms with Crippen LogP contribution in [0.25, 0.3) is 21.8 Å². The molecule has 1 heterocycles. The van der Waals surface area contributed by atoms with Crippen LogP contribution in [0.3, 0.4) is 0 Å². The van der Waals surface area contributed by atoms with Crippen molar-refractivity contribution in [2.45, 2.75) is 6.92 Å². The van der Waals surface area contributed by atoms with Gasteiger partial charge >= 0.3 is 0 Å². The number of pyridine rings is 1. The standard InChI is InChI=1S/C22H20N4O/c1-14(27)24-15-11-12-20(21(13-15)23-2)26-22-16-7-3-5-9-18(16)25-19-10-6-4-8-17(19)22/h3-13,23H,1-2H3,(H,24,27)(H,25,26). The highest BCUT2D eigenvalue weighted by atomic mass is 16.1. The fourth-order valence-corrected chi connectivity index (χ4v) is 3.25. The number of nitrogens with zero attached hydrogens (tertiary/aromatic N) is 1. The van der Waals surface area contributed by atoms with Crippen LogP contribution < -0.4 is 16.0 Å². The number of amides is 1. The molecular weight excluding hydrogens is 336 g/mol.